The van der Waals surface area contributed by atoms with E-state index in [0.717, 1.165) is 16.9 Å². The van der Waals surface area contributed by atoms with Gasteiger partial charge in [-0.2, -0.15) is 0 Å². The highest BCUT2D eigenvalue weighted by Crippen LogP contribution is 2.25. The van der Waals surface area contributed by atoms with Crippen molar-refractivity contribution in [3.8, 4) is 5.75 Å². The molecule has 0 aliphatic rings. The van der Waals surface area contributed by atoms with Crippen LogP contribution in [0.3, 0.4) is 0 Å². The minimum atomic E-state index is 0.463. The molecule has 0 N–H and O–H groups in total. The minimum Gasteiger partial charge on any atom is -0.496 e. The Bertz CT molecular complexity index is 281. The van der Waals surface area contributed by atoms with E-state index in [4.69, 9.17) is 16.3 Å². The zero-order chi connectivity index (χ0) is 8.97. The van der Waals surface area contributed by atoms with Crippen molar-refractivity contribution < 1.29 is 4.74 Å². The first kappa shape index (κ1) is 9.14. The first-order valence-electron chi connectivity index (χ1n) is 3.67. The molecule has 0 bridgehead atoms. The molecule has 0 unspecified atom stereocenters. The number of para-hydroxylation sites is 1. The number of rotatable bonds is 3. The molecule has 0 atom stereocenters. The van der Waals surface area contributed by atoms with Crippen LogP contribution >= 0.6 is 11.6 Å². The summed E-state index contributed by atoms with van der Waals surface area (Å²) in [5, 5.41) is 0. The van der Waals surface area contributed by atoms with Gasteiger partial charge in [0.05, 0.1) is 13.0 Å². The highest BCUT2D eigenvalue weighted by Gasteiger charge is 2.04. The summed E-state index contributed by atoms with van der Waals surface area (Å²) in [5.41, 5.74) is 1.98. The Balaban J connectivity index is 3.21. The van der Waals surface area contributed by atoms with Crippen molar-refractivity contribution in [2.45, 2.75) is 5.88 Å². The number of methoxy groups -OCH3 is 1. The summed E-state index contributed by atoms with van der Waals surface area (Å²) in [5.74, 6) is 1.28. The molecule has 0 saturated heterocycles. The molecule has 2 heteroatoms. The van der Waals surface area contributed by atoms with E-state index in [-0.39, 0.29) is 0 Å². The Kier molecular flexibility index (Phi) is 3.18. The summed E-state index contributed by atoms with van der Waals surface area (Å²) in [4.78, 5) is 0. The number of halogens is 1. The molecule has 0 saturated carbocycles. The van der Waals surface area contributed by atoms with Crippen LogP contribution in [0.1, 0.15) is 11.1 Å². The molecular weight excluding hydrogens is 172 g/mol. The molecule has 1 aromatic carbocycles. The standard InChI is InChI=1S/C10H11ClO/c1-3-8-5-4-6-9(7-11)10(8)12-2/h3-6H,1,7H2,2H3. The molecule has 1 aromatic rings. The molecule has 64 valence electrons. The van der Waals surface area contributed by atoms with E-state index in [0.29, 0.717) is 5.88 Å². The van der Waals surface area contributed by atoms with E-state index >= 15 is 0 Å². The van der Waals surface area contributed by atoms with Crippen LogP contribution in [0.15, 0.2) is 24.8 Å². The molecule has 0 aliphatic carbocycles. The molecular formula is C10H11ClO. The third kappa shape index (κ3) is 1.62. The van der Waals surface area contributed by atoms with E-state index in [1.54, 1.807) is 13.2 Å². The smallest absolute Gasteiger partial charge is 0.130 e. The molecule has 0 aliphatic heterocycles. The molecule has 12 heavy (non-hydrogen) atoms. The Hall–Kier alpha value is -0.950. The van der Waals surface area contributed by atoms with E-state index in [9.17, 15) is 0 Å². The van der Waals surface area contributed by atoms with Crippen LogP contribution in [0.4, 0.5) is 0 Å². The number of benzene rings is 1. The highest BCUT2D eigenvalue weighted by molar-refractivity contribution is 6.17. The van der Waals surface area contributed by atoms with Crippen molar-refractivity contribution in [3.63, 3.8) is 0 Å². The van der Waals surface area contributed by atoms with E-state index in [1.165, 1.54) is 0 Å². The molecule has 0 heterocycles. The molecule has 0 fully saturated rings. The first-order valence-corrected chi connectivity index (χ1v) is 4.21. The van der Waals surface area contributed by atoms with Gasteiger partial charge in [0.15, 0.2) is 0 Å². The van der Waals surface area contributed by atoms with Gasteiger partial charge in [-0.3, -0.25) is 0 Å². The van der Waals surface area contributed by atoms with Crippen LogP contribution < -0.4 is 4.74 Å². The zero-order valence-corrected chi connectivity index (χ0v) is 7.77. The largest absolute Gasteiger partial charge is 0.496 e. The molecule has 1 nitrogen and oxygen atoms in total. The Labute approximate surface area is 77.6 Å². The quantitative estimate of drug-likeness (QED) is 0.653. The molecule has 0 radical (unpaired) electrons. The number of hydrogen-bond donors (Lipinski definition) is 0. The maximum atomic E-state index is 5.73. The van der Waals surface area contributed by atoms with E-state index in [2.05, 4.69) is 6.58 Å². The molecule has 0 aromatic heterocycles. The van der Waals surface area contributed by atoms with Crippen LogP contribution in [-0.2, 0) is 5.88 Å². The highest BCUT2D eigenvalue weighted by atomic mass is 35.5. The van der Waals surface area contributed by atoms with Crippen molar-refractivity contribution in [2.75, 3.05) is 7.11 Å². The summed E-state index contributed by atoms with van der Waals surface area (Å²) in [7, 11) is 1.64. The predicted octanol–water partition coefficient (Wildman–Crippen LogP) is 3.08. The van der Waals surface area contributed by atoms with Gasteiger partial charge < -0.3 is 4.74 Å². The van der Waals surface area contributed by atoms with E-state index in [1.807, 2.05) is 18.2 Å². The van der Waals surface area contributed by atoms with Gasteiger partial charge >= 0.3 is 0 Å². The minimum absolute atomic E-state index is 0.463. The average Bonchev–Trinajstić information content (AvgIpc) is 2.16. The van der Waals surface area contributed by atoms with Gasteiger partial charge in [0.1, 0.15) is 5.75 Å². The summed E-state index contributed by atoms with van der Waals surface area (Å²) >= 11 is 5.73. The van der Waals surface area contributed by atoms with Gasteiger partial charge in [-0.05, 0) is 0 Å². The second-order valence-electron chi connectivity index (χ2n) is 2.38. The SMILES string of the molecule is C=Cc1cccc(CCl)c1OC. The molecule has 0 spiro atoms. The summed E-state index contributed by atoms with van der Waals surface area (Å²) in [6.07, 6.45) is 1.76. The summed E-state index contributed by atoms with van der Waals surface area (Å²) in [6, 6.07) is 5.83. The average molecular weight is 183 g/mol. The van der Waals surface area contributed by atoms with Crippen LogP contribution in [0, 0.1) is 0 Å². The van der Waals surface area contributed by atoms with Gasteiger partial charge in [0, 0.05) is 11.1 Å². The lowest BCUT2D eigenvalue weighted by molar-refractivity contribution is 0.410. The third-order valence-corrected chi connectivity index (χ3v) is 1.98. The monoisotopic (exact) mass is 182 g/mol. The zero-order valence-electron chi connectivity index (χ0n) is 7.01. The molecule has 0 amide bonds. The fourth-order valence-electron chi connectivity index (χ4n) is 1.12. The van der Waals surface area contributed by atoms with Gasteiger partial charge in [-0.25, -0.2) is 0 Å². The molecule has 1 rings (SSSR count). The van der Waals surface area contributed by atoms with Gasteiger partial charge in [0.25, 0.3) is 0 Å². The van der Waals surface area contributed by atoms with Gasteiger partial charge in [-0.15, -0.1) is 11.6 Å². The normalized spacial score (nSPS) is 9.50. The second-order valence-corrected chi connectivity index (χ2v) is 2.64. The summed E-state index contributed by atoms with van der Waals surface area (Å²) < 4.78 is 5.20. The van der Waals surface area contributed by atoms with Gasteiger partial charge in [-0.1, -0.05) is 30.9 Å². The van der Waals surface area contributed by atoms with Gasteiger partial charge in [0.2, 0.25) is 0 Å². The first-order chi connectivity index (χ1) is 5.83. The van der Waals surface area contributed by atoms with Crippen molar-refractivity contribution in [2.24, 2.45) is 0 Å². The lowest BCUT2D eigenvalue weighted by Gasteiger charge is -2.08. The maximum Gasteiger partial charge on any atom is 0.130 e. The Morgan fingerprint density at radius 2 is 2.33 bits per heavy atom. The van der Waals surface area contributed by atoms with Crippen molar-refractivity contribution in [1.82, 2.24) is 0 Å². The lowest BCUT2D eigenvalue weighted by atomic mass is 10.1. The number of alkyl halides is 1. The topological polar surface area (TPSA) is 9.23 Å². The van der Waals surface area contributed by atoms with Crippen LogP contribution in [0.25, 0.3) is 6.08 Å². The van der Waals surface area contributed by atoms with Crippen molar-refractivity contribution in [1.29, 1.82) is 0 Å². The predicted molar refractivity (Wildman–Crippen MR) is 52.6 cm³/mol. The van der Waals surface area contributed by atoms with Crippen LogP contribution in [0.5, 0.6) is 5.75 Å². The maximum absolute atomic E-state index is 5.73. The Morgan fingerprint density at radius 1 is 1.58 bits per heavy atom. The third-order valence-electron chi connectivity index (χ3n) is 1.70. The lowest BCUT2D eigenvalue weighted by Crippen LogP contribution is -1.91. The van der Waals surface area contributed by atoms with E-state index < -0.39 is 0 Å². The second kappa shape index (κ2) is 4.17. The van der Waals surface area contributed by atoms with Crippen LogP contribution in [-0.4, -0.2) is 7.11 Å². The fourth-order valence-corrected chi connectivity index (χ4v) is 1.33. The van der Waals surface area contributed by atoms with Crippen LogP contribution in [0.2, 0.25) is 0 Å². The fraction of sp³-hybridized carbons (Fsp3) is 0.200. The Morgan fingerprint density at radius 3 is 2.83 bits per heavy atom. The number of hydrogen-bond acceptors (Lipinski definition) is 1. The number of ether oxygens (including phenoxy) is 1. The van der Waals surface area contributed by atoms with Crippen molar-refractivity contribution >= 4 is 17.7 Å². The summed E-state index contributed by atoms with van der Waals surface area (Å²) in [6.45, 7) is 3.69. The van der Waals surface area contributed by atoms with Crippen molar-refractivity contribution in [3.05, 3.63) is 35.9 Å².